The molecule has 0 atom stereocenters. The molecule has 0 radical (unpaired) electrons. The zero-order valence-corrected chi connectivity index (χ0v) is 17.7. The Bertz CT molecular complexity index is 1070. The summed E-state index contributed by atoms with van der Waals surface area (Å²) in [6, 6.07) is 15.5. The summed E-state index contributed by atoms with van der Waals surface area (Å²) < 4.78 is 6.90. The van der Waals surface area contributed by atoms with E-state index < -0.39 is 5.60 Å². The molecule has 1 aliphatic rings. The molecular weight excluding hydrogens is 378 g/mol. The summed E-state index contributed by atoms with van der Waals surface area (Å²) in [6.07, 6.45) is 1.91. The molecule has 0 saturated carbocycles. The summed E-state index contributed by atoms with van der Waals surface area (Å²) in [5, 5.41) is 11.9. The molecule has 0 bridgehead atoms. The van der Waals surface area contributed by atoms with Gasteiger partial charge in [0.05, 0.1) is 30.2 Å². The van der Waals surface area contributed by atoms with Crippen LogP contribution in [0.5, 0.6) is 5.75 Å². The molecule has 1 N–H and O–H groups in total. The van der Waals surface area contributed by atoms with E-state index in [2.05, 4.69) is 22.0 Å². The zero-order chi connectivity index (χ0) is 21.1. The van der Waals surface area contributed by atoms with Crippen LogP contribution in [0, 0.1) is 0 Å². The van der Waals surface area contributed by atoms with Crippen LogP contribution in [0.3, 0.4) is 0 Å². The maximum Gasteiger partial charge on any atom is 0.261 e. The van der Waals surface area contributed by atoms with Crippen LogP contribution in [0.15, 0.2) is 53.3 Å². The lowest BCUT2D eigenvalue weighted by molar-refractivity contribution is -0.0370. The van der Waals surface area contributed by atoms with E-state index in [0.717, 1.165) is 36.7 Å². The number of hydrogen-bond donors (Lipinski definition) is 1. The molecule has 0 amide bonds. The first-order valence-electron chi connectivity index (χ1n) is 10.6. The summed E-state index contributed by atoms with van der Waals surface area (Å²) in [5.41, 5.74) is 0.988. The Labute approximate surface area is 176 Å². The van der Waals surface area contributed by atoms with Crippen molar-refractivity contribution in [3.05, 3.63) is 70.3 Å². The number of rotatable bonds is 6. The standard InChI is InChI=1S/C24H29N3O3/c1-3-22-25-21-7-5-4-6-20(21)23(28)27(22)17-24(29)12-14-26(15-13-24)16-18-8-10-19(30-2)11-9-18/h4-11,29H,3,12-17H2,1-2H3. The van der Waals surface area contributed by atoms with Gasteiger partial charge in [-0.1, -0.05) is 31.2 Å². The van der Waals surface area contributed by atoms with Gasteiger partial charge in [0.15, 0.2) is 0 Å². The molecule has 3 aromatic rings. The normalized spacial score (nSPS) is 16.6. The molecule has 1 fully saturated rings. The average Bonchev–Trinajstić information content (AvgIpc) is 2.78. The largest absolute Gasteiger partial charge is 0.497 e. The maximum absolute atomic E-state index is 13.1. The first kappa shape index (κ1) is 20.6. The van der Waals surface area contributed by atoms with Gasteiger partial charge in [-0.3, -0.25) is 14.3 Å². The molecular formula is C24H29N3O3. The van der Waals surface area contributed by atoms with Crippen LogP contribution >= 0.6 is 0 Å². The lowest BCUT2D eigenvalue weighted by Crippen LogP contribution is -2.48. The highest BCUT2D eigenvalue weighted by atomic mass is 16.5. The Morgan fingerprint density at radius 3 is 2.47 bits per heavy atom. The summed E-state index contributed by atoms with van der Waals surface area (Å²) in [6.45, 7) is 4.72. The quantitative estimate of drug-likeness (QED) is 0.680. The smallest absolute Gasteiger partial charge is 0.261 e. The number of methoxy groups -OCH3 is 1. The predicted molar refractivity (Wildman–Crippen MR) is 118 cm³/mol. The van der Waals surface area contributed by atoms with Gasteiger partial charge in [-0.05, 0) is 42.7 Å². The fourth-order valence-electron chi connectivity index (χ4n) is 4.22. The number of hydrogen-bond acceptors (Lipinski definition) is 5. The third-order valence-corrected chi connectivity index (χ3v) is 6.06. The number of aromatic nitrogens is 2. The van der Waals surface area contributed by atoms with Crippen molar-refractivity contribution in [3.8, 4) is 5.75 Å². The lowest BCUT2D eigenvalue weighted by atomic mass is 9.90. The highest BCUT2D eigenvalue weighted by Gasteiger charge is 2.33. The van der Waals surface area contributed by atoms with Crippen LogP contribution in [0.1, 0.15) is 31.2 Å². The Morgan fingerprint density at radius 1 is 1.10 bits per heavy atom. The van der Waals surface area contributed by atoms with E-state index in [9.17, 15) is 9.90 Å². The van der Waals surface area contributed by atoms with Crippen molar-refractivity contribution in [2.24, 2.45) is 0 Å². The van der Waals surface area contributed by atoms with Gasteiger partial charge in [0.2, 0.25) is 0 Å². The minimum absolute atomic E-state index is 0.0634. The van der Waals surface area contributed by atoms with Crippen molar-refractivity contribution in [2.45, 2.75) is 44.9 Å². The van der Waals surface area contributed by atoms with Crippen molar-refractivity contribution in [2.75, 3.05) is 20.2 Å². The van der Waals surface area contributed by atoms with Crippen molar-refractivity contribution in [3.63, 3.8) is 0 Å². The number of benzene rings is 2. The summed E-state index contributed by atoms with van der Waals surface area (Å²) in [7, 11) is 1.67. The molecule has 6 heteroatoms. The number of piperidine rings is 1. The van der Waals surface area contributed by atoms with Crippen molar-refractivity contribution in [1.82, 2.24) is 14.5 Å². The molecule has 30 heavy (non-hydrogen) atoms. The molecule has 0 unspecified atom stereocenters. The van der Waals surface area contributed by atoms with E-state index in [1.54, 1.807) is 11.7 Å². The molecule has 1 aliphatic heterocycles. The Morgan fingerprint density at radius 2 is 1.80 bits per heavy atom. The minimum Gasteiger partial charge on any atom is -0.497 e. The van der Waals surface area contributed by atoms with Gasteiger partial charge in [0.25, 0.3) is 5.56 Å². The van der Waals surface area contributed by atoms with Crippen molar-refractivity contribution >= 4 is 10.9 Å². The molecule has 0 spiro atoms. The second-order valence-electron chi connectivity index (χ2n) is 8.14. The van der Waals surface area contributed by atoms with Gasteiger partial charge >= 0.3 is 0 Å². The van der Waals surface area contributed by atoms with E-state index in [1.807, 2.05) is 43.3 Å². The number of aliphatic hydroxyl groups is 1. The molecule has 0 aliphatic carbocycles. The number of likely N-dealkylation sites (tertiary alicyclic amines) is 1. The van der Waals surface area contributed by atoms with Crippen LogP contribution in [-0.2, 0) is 19.5 Å². The van der Waals surface area contributed by atoms with Crippen molar-refractivity contribution in [1.29, 1.82) is 0 Å². The first-order chi connectivity index (χ1) is 14.5. The van der Waals surface area contributed by atoms with Gasteiger partial charge in [-0.15, -0.1) is 0 Å². The van der Waals surface area contributed by atoms with Gasteiger partial charge in [0.1, 0.15) is 11.6 Å². The van der Waals surface area contributed by atoms with Gasteiger partial charge in [0, 0.05) is 26.1 Å². The third kappa shape index (κ3) is 4.25. The maximum atomic E-state index is 13.1. The topological polar surface area (TPSA) is 67.6 Å². The monoisotopic (exact) mass is 407 g/mol. The fourth-order valence-corrected chi connectivity index (χ4v) is 4.22. The van der Waals surface area contributed by atoms with E-state index in [0.29, 0.717) is 31.2 Å². The van der Waals surface area contributed by atoms with Gasteiger partial charge in [-0.25, -0.2) is 4.98 Å². The zero-order valence-electron chi connectivity index (χ0n) is 17.7. The fraction of sp³-hybridized carbons (Fsp3) is 0.417. The molecule has 158 valence electrons. The first-order valence-corrected chi connectivity index (χ1v) is 10.6. The SMILES string of the molecule is CCc1nc2ccccc2c(=O)n1CC1(O)CCN(Cc2ccc(OC)cc2)CC1. The Kier molecular flexibility index (Phi) is 5.88. The molecule has 2 heterocycles. The van der Waals surface area contributed by atoms with Gasteiger partial charge < -0.3 is 9.84 Å². The predicted octanol–water partition coefficient (Wildman–Crippen LogP) is 2.99. The van der Waals surface area contributed by atoms with E-state index in [1.165, 1.54) is 5.56 Å². The lowest BCUT2D eigenvalue weighted by Gasteiger charge is -2.38. The van der Waals surface area contributed by atoms with E-state index in [4.69, 9.17) is 4.74 Å². The van der Waals surface area contributed by atoms with E-state index in [-0.39, 0.29) is 5.56 Å². The summed E-state index contributed by atoms with van der Waals surface area (Å²) in [4.78, 5) is 20.1. The molecule has 1 aromatic heterocycles. The van der Waals surface area contributed by atoms with Crippen LogP contribution in [0.25, 0.3) is 10.9 Å². The molecule has 4 rings (SSSR count). The Balaban J connectivity index is 1.47. The summed E-state index contributed by atoms with van der Waals surface area (Å²) >= 11 is 0. The molecule has 1 saturated heterocycles. The van der Waals surface area contributed by atoms with Gasteiger partial charge in [-0.2, -0.15) is 0 Å². The second-order valence-corrected chi connectivity index (χ2v) is 8.14. The number of fused-ring (bicyclic) bond motifs is 1. The van der Waals surface area contributed by atoms with Crippen LogP contribution in [0.4, 0.5) is 0 Å². The van der Waals surface area contributed by atoms with Crippen LogP contribution in [0.2, 0.25) is 0 Å². The second kappa shape index (κ2) is 8.58. The number of aryl methyl sites for hydroxylation is 1. The van der Waals surface area contributed by atoms with Crippen LogP contribution < -0.4 is 10.3 Å². The Hall–Kier alpha value is -2.70. The summed E-state index contributed by atoms with van der Waals surface area (Å²) in [5.74, 6) is 1.58. The average molecular weight is 408 g/mol. The highest BCUT2D eigenvalue weighted by molar-refractivity contribution is 5.77. The molecule has 6 nitrogen and oxygen atoms in total. The molecule has 2 aromatic carbocycles. The number of ether oxygens (including phenoxy) is 1. The number of nitrogens with zero attached hydrogens (tertiary/aromatic N) is 3. The third-order valence-electron chi connectivity index (χ3n) is 6.06. The van der Waals surface area contributed by atoms with Crippen molar-refractivity contribution < 1.29 is 9.84 Å². The van der Waals surface area contributed by atoms with Crippen LogP contribution in [-0.4, -0.2) is 45.4 Å². The highest BCUT2D eigenvalue weighted by Crippen LogP contribution is 2.26. The minimum atomic E-state index is -0.895. The number of para-hydroxylation sites is 1. The van der Waals surface area contributed by atoms with E-state index >= 15 is 0 Å².